The number of aromatic nitrogens is 3. The number of hydrogen-bond acceptors (Lipinski definition) is 7. The highest BCUT2D eigenvalue weighted by atomic mass is 19.4. The van der Waals surface area contributed by atoms with Gasteiger partial charge < -0.3 is 25.4 Å². The van der Waals surface area contributed by atoms with Gasteiger partial charge in [0.15, 0.2) is 0 Å². The number of alkyl halides is 3. The molecular formula is C26H25F3N6O3. The number of benzene rings is 2. The van der Waals surface area contributed by atoms with Gasteiger partial charge in [0, 0.05) is 54.8 Å². The first-order chi connectivity index (χ1) is 18.3. The van der Waals surface area contributed by atoms with Crippen molar-refractivity contribution >= 4 is 34.5 Å². The van der Waals surface area contributed by atoms with Crippen LogP contribution in [0, 0.1) is 0 Å². The Hall–Kier alpha value is -4.58. The van der Waals surface area contributed by atoms with Gasteiger partial charge in [0.25, 0.3) is 0 Å². The van der Waals surface area contributed by atoms with E-state index in [1.807, 2.05) is 53.3 Å². The van der Waals surface area contributed by atoms with Gasteiger partial charge in [-0.3, -0.25) is 0 Å². The average molecular weight is 527 g/mol. The molecule has 2 aromatic heterocycles. The largest absolute Gasteiger partial charge is 0.490 e. The molecule has 0 spiro atoms. The second-order valence-electron chi connectivity index (χ2n) is 8.10. The molecule has 3 N–H and O–H groups in total. The van der Waals surface area contributed by atoms with Gasteiger partial charge in [-0.05, 0) is 48.5 Å². The molecule has 0 unspecified atom stereocenters. The summed E-state index contributed by atoms with van der Waals surface area (Å²) in [5.74, 6) is -1.98. The van der Waals surface area contributed by atoms with Gasteiger partial charge in [0.2, 0.25) is 0 Å². The van der Waals surface area contributed by atoms with E-state index in [9.17, 15) is 13.2 Å². The number of hydrogen-bond donors (Lipinski definition) is 3. The molecule has 3 heterocycles. The van der Waals surface area contributed by atoms with Gasteiger partial charge in [-0.2, -0.15) is 18.3 Å². The van der Waals surface area contributed by atoms with Crippen molar-refractivity contribution in [2.45, 2.75) is 6.18 Å². The Bertz CT molecular complexity index is 1320. The SMILES string of the molecule is O=C(O)C(F)(F)F.c1ccc(-n2cccn2)c(Nc2ccnc(Nc3ccc(N4CCOCC4)cc3)c2)c1. The Morgan fingerprint density at radius 1 is 0.921 bits per heavy atom. The van der Waals surface area contributed by atoms with E-state index in [0.717, 1.165) is 54.9 Å². The second-order valence-corrected chi connectivity index (χ2v) is 8.10. The summed E-state index contributed by atoms with van der Waals surface area (Å²) in [4.78, 5) is 15.7. The lowest BCUT2D eigenvalue weighted by Crippen LogP contribution is -2.36. The fourth-order valence-corrected chi connectivity index (χ4v) is 3.65. The van der Waals surface area contributed by atoms with Crippen LogP contribution in [0.2, 0.25) is 0 Å². The molecular weight excluding hydrogens is 501 g/mol. The fourth-order valence-electron chi connectivity index (χ4n) is 3.65. The summed E-state index contributed by atoms with van der Waals surface area (Å²) >= 11 is 0. The standard InChI is InChI=1S/C24H24N6O.C2HF3O2/c1-2-5-23(30-13-3-11-26-30)22(4-1)27-20-10-12-25-24(18-20)28-19-6-8-21(9-7-19)29-14-16-31-17-15-29;3-2(4,5)1(6)7/h1-13,18H,14-17H2,(H2,25,27,28);(H,6,7). The van der Waals surface area contributed by atoms with Crippen molar-refractivity contribution in [2.24, 2.45) is 0 Å². The first-order valence-electron chi connectivity index (χ1n) is 11.6. The Kier molecular flexibility index (Phi) is 8.44. The third-order valence-electron chi connectivity index (χ3n) is 5.45. The molecule has 0 aliphatic carbocycles. The lowest BCUT2D eigenvalue weighted by molar-refractivity contribution is -0.192. The summed E-state index contributed by atoms with van der Waals surface area (Å²) in [6.45, 7) is 3.44. The molecule has 0 saturated carbocycles. The van der Waals surface area contributed by atoms with Crippen LogP contribution in [0.4, 0.5) is 41.7 Å². The van der Waals surface area contributed by atoms with Crippen LogP contribution < -0.4 is 15.5 Å². The van der Waals surface area contributed by atoms with E-state index in [0.29, 0.717) is 0 Å². The van der Waals surface area contributed by atoms with Gasteiger partial charge in [-0.15, -0.1) is 0 Å². The van der Waals surface area contributed by atoms with Crippen LogP contribution in [-0.4, -0.2) is 58.3 Å². The highest BCUT2D eigenvalue weighted by Gasteiger charge is 2.38. The zero-order chi connectivity index (χ0) is 27.0. The summed E-state index contributed by atoms with van der Waals surface area (Å²) in [6, 6.07) is 22.4. The Morgan fingerprint density at radius 2 is 1.63 bits per heavy atom. The van der Waals surface area contributed by atoms with Crippen molar-refractivity contribution in [1.29, 1.82) is 0 Å². The van der Waals surface area contributed by atoms with Gasteiger partial charge in [0.05, 0.1) is 24.6 Å². The maximum Gasteiger partial charge on any atom is 0.490 e. The van der Waals surface area contributed by atoms with E-state index >= 15 is 0 Å². The monoisotopic (exact) mass is 526 g/mol. The molecule has 38 heavy (non-hydrogen) atoms. The predicted octanol–water partition coefficient (Wildman–Crippen LogP) is 5.22. The van der Waals surface area contributed by atoms with E-state index in [2.05, 4.69) is 49.9 Å². The van der Waals surface area contributed by atoms with Gasteiger partial charge in [-0.1, -0.05) is 12.1 Å². The molecule has 1 fully saturated rings. The van der Waals surface area contributed by atoms with E-state index < -0.39 is 12.1 Å². The van der Waals surface area contributed by atoms with Gasteiger partial charge >= 0.3 is 12.1 Å². The first-order valence-corrected chi connectivity index (χ1v) is 11.6. The fraction of sp³-hybridized carbons (Fsp3) is 0.192. The minimum absolute atomic E-state index is 0.778. The number of carbonyl (C=O) groups is 1. The number of ether oxygens (including phenoxy) is 1. The van der Waals surface area contributed by atoms with Crippen molar-refractivity contribution < 1.29 is 27.8 Å². The zero-order valence-electron chi connectivity index (χ0n) is 20.1. The third-order valence-corrected chi connectivity index (χ3v) is 5.45. The number of carboxylic acids is 1. The Labute approximate surface area is 216 Å². The van der Waals surface area contributed by atoms with E-state index in [1.165, 1.54) is 5.69 Å². The van der Waals surface area contributed by atoms with E-state index in [4.69, 9.17) is 14.6 Å². The molecule has 0 radical (unpaired) electrons. The van der Waals surface area contributed by atoms with Crippen LogP contribution in [0.3, 0.4) is 0 Å². The molecule has 0 atom stereocenters. The molecule has 0 bridgehead atoms. The molecule has 9 nitrogen and oxygen atoms in total. The van der Waals surface area contributed by atoms with Crippen LogP contribution in [0.15, 0.2) is 85.3 Å². The number of morpholine rings is 1. The summed E-state index contributed by atoms with van der Waals surface area (Å²) in [5.41, 5.74) is 5.11. The van der Waals surface area contributed by atoms with Crippen molar-refractivity contribution in [3.05, 3.63) is 85.3 Å². The minimum atomic E-state index is -5.08. The van der Waals surface area contributed by atoms with Crippen molar-refractivity contribution in [3.8, 4) is 5.69 Å². The van der Waals surface area contributed by atoms with Crippen LogP contribution in [0.1, 0.15) is 0 Å². The van der Waals surface area contributed by atoms with Crippen LogP contribution in [0.25, 0.3) is 5.69 Å². The maximum atomic E-state index is 10.6. The number of rotatable bonds is 6. The van der Waals surface area contributed by atoms with Crippen LogP contribution in [-0.2, 0) is 9.53 Å². The number of halogens is 3. The third kappa shape index (κ3) is 7.23. The number of carboxylic acid groups (broad SMARTS) is 1. The number of pyridine rings is 1. The quantitative estimate of drug-likeness (QED) is 0.314. The number of para-hydroxylation sites is 2. The molecule has 1 aliphatic heterocycles. The van der Waals surface area contributed by atoms with Crippen molar-refractivity contribution in [3.63, 3.8) is 0 Å². The molecule has 5 rings (SSSR count). The van der Waals surface area contributed by atoms with Crippen molar-refractivity contribution in [2.75, 3.05) is 41.8 Å². The summed E-state index contributed by atoms with van der Waals surface area (Å²) < 4.78 is 39.0. The average Bonchev–Trinajstić information content (AvgIpc) is 3.45. The minimum Gasteiger partial charge on any atom is -0.475 e. The molecule has 4 aromatic rings. The Morgan fingerprint density at radius 3 is 2.29 bits per heavy atom. The molecule has 0 amide bonds. The number of nitrogens with one attached hydrogen (secondary N) is 2. The van der Waals surface area contributed by atoms with Gasteiger partial charge in [-0.25, -0.2) is 14.5 Å². The number of nitrogens with zero attached hydrogens (tertiary/aromatic N) is 4. The summed E-state index contributed by atoms with van der Waals surface area (Å²) in [5, 5.41) is 18.3. The normalized spacial score (nSPS) is 13.3. The van der Waals surface area contributed by atoms with E-state index in [1.54, 1.807) is 12.4 Å². The summed E-state index contributed by atoms with van der Waals surface area (Å²) in [6.07, 6.45) is 0.416. The maximum absolute atomic E-state index is 10.6. The van der Waals surface area contributed by atoms with Crippen LogP contribution in [0.5, 0.6) is 0 Å². The zero-order valence-corrected chi connectivity index (χ0v) is 20.1. The highest BCUT2D eigenvalue weighted by molar-refractivity contribution is 5.73. The second kappa shape index (κ2) is 12.1. The molecule has 1 saturated heterocycles. The molecule has 1 aliphatic rings. The summed E-state index contributed by atoms with van der Waals surface area (Å²) in [7, 11) is 0. The lowest BCUT2D eigenvalue weighted by atomic mass is 10.2. The highest BCUT2D eigenvalue weighted by Crippen LogP contribution is 2.26. The smallest absolute Gasteiger partial charge is 0.475 e. The van der Waals surface area contributed by atoms with Gasteiger partial charge in [0.1, 0.15) is 5.82 Å². The predicted molar refractivity (Wildman–Crippen MR) is 138 cm³/mol. The first kappa shape index (κ1) is 26.5. The molecule has 198 valence electrons. The number of aliphatic carboxylic acids is 1. The molecule has 12 heteroatoms. The van der Waals surface area contributed by atoms with E-state index in [-0.39, 0.29) is 0 Å². The van der Waals surface area contributed by atoms with Crippen LogP contribution >= 0.6 is 0 Å². The number of anilines is 5. The topological polar surface area (TPSA) is 105 Å². The van der Waals surface area contributed by atoms with Crippen molar-refractivity contribution in [1.82, 2.24) is 14.8 Å². The lowest BCUT2D eigenvalue weighted by Gasteiger charge is -2.28. The Balaban J connectivity index is 0.000000426. The molecule has 2 aromatic carbocycles.